The van der Waals surface area contributed by atoms with Crippen LogP contribution < -0.4 is 5.32 Å². The van der Waals surface area contributed by atoms with Gasteiger partial charge in [-0.3, -0.25) is 4.79 Å². The summed E-state index contributed by atoms with van der Waals surface area (Å²) in [7, 11) is 0. The zero-order chi connectivity index (χ0) is 14.2. The average molecular weight is 312 g/mol. The molecule has 0 bridgehead atoms. The number of benzene rings is 1. The molecule has 3 unspecified atom stereocenters. The molecule has 2 N–H and O–H groups in total. The van der Waals surface area contributed by atoms with E-state index in [2.05, 4.69) is 5.32 Å². The molecule has 3 nitrogen and oxygen atoms in total. The molecule has 0 aromatic heterocycles. The molecule has 1 aromatic rings. The normalized spacial score (nSPS) is 32.1. The van der Waals surface area contributed by atoms with Crippen LogP contribution in [0.4, 0.5) is 0 Å². The van der Waals surface area contributed by atoms with E-state index >= 15 is 0 Å². The molecule has 1 amide bonds. The Kier molecular flexibility index (Phi) is 3.98. The second kappa shape index (κ2) is 5.58. The number of hydrogen-bond acceptors (Lipinski definition) is 3. The molecule has 20 heavy (non-hydrogen) atoms. The van der Waals surface area contributed by atoms with Crippen LogP contribution >= 0.6 is 23.4 Å². The number of thioether (sulfide) groups is 1. The second-order valence-electron chi connectivity index (χ2n) is 5.75. The third kappa shape index (κ3) is 3.13. The highest BCUT2D eigenvalue weighted by Gasteiger charge is 2.44. The minimum atomic E-state index is -0.708. The van der Waals surface area contributed by atoms with E-state index in [1.807, 2.05) is 24.3 Å². The minimum Gasteiger partial charge on any atom is -0.387 e. The van der Waals surface area contributed by atoms with Crippen molar-refractivity contribution in [1.82, 2.24) is 5.32 Å². The van der Waals surface area contributed by atoms with Crippen LogP contribution in [-0.4, -0.2) is 34.7 Å². The lowest BCUT2D eigenvalue weighted by molar-refractivity contribution is -0.123. The van der Waals surface area contributed by atoms with Gasteiger partial charge in [0.25, 0.3) is 0 Å². The van der Waals surface area contributed by atoms with Gasteiger partial charge in [-0.2, -0.15) is 11.8 Å². The molecule has 2 aliphatic rings. The maximum absolute atomic E-state index is 12.1. The van der Waals surface area contributed by atoms with Gasteiger partial charge < -0.3 is 10.4 Å². The zero-order valence-electron chi connectivity index (χ0n) is 11.1. The quantitative estimate of drug-likeness (QED) is 0.898. The Hall–Kier alpha value is -0.710. The van der Waals surface area contributed by atoms with Crippen molar-refractivity contribution < 1.29 is 9.90 Å². The number of rotatable bonds is 4. The highest BCUT2D eigenvalue weighted by molar-refractivity contribution is 7.99. The molecule has 5 heteroatoms. The van der Waals surface area contributed by atoms with Gasteiger partial charge in [0.05, 0.1) is 5.60 Å². The van der Waals surface area contributed by atoms with Crippen LogP contribution in [0, 0.1) is 5.92 Å². The third-order valence-corrected chi connectivity index (χ3v) is 5.55. The smallest absolute Gasteiger partial charge is 0.223 e. The van der Waals surface area contributed by atoms with E-state index < -0.39 is 5.60 Å². The van der Waals surface area contributed by atoms with Crippen molar-refractivity contribution in [2.75, 3.05) is 18.1 Å². The van der Waals surface area contributed by atoms with E-state index in [4.69, 9.17) is 11.6 Å². The number of nitrogens with one attached hydrogen (secondary N) is 1. The highest BCUT2D eigenvalue weighted by Crippen LogP contribution is 2.48. The summed E-state index contributed by atoms with van der Waals surface area (Å²) in [4.78, 5) is 12.1. The molecule has 3 rings (SSSR count). The molecule has 1 aromatic carbocycles. The molecular formula is C15H18ClNO2S. The highest BCUT2D eigenvalue weighted by atomic mass is 35.5. The van der Waals surface area contributed by atoms with Gasteiger partial charge in [0.1, 0.15) is 0 Å². The molecule has 1 saturated heterocycles. The number of hydrogen-bond donors (Lipinski definition) is 2. The first-order valence-electron chi connectivity index (χ1n) is 6.91. The van der Waals surface area contributed by atoms with Crippen LogP contribution in [0.3, 0.4) is 0 Å². The number of aliphatic hydroxyl groups is 1. The van der Waals surface area contributed by atoms with Crippen LogP contribution in [0.25, 0.3) is 0 Å². The van der Waals surface area contributed by atoms with E-state index in [0.29, 0.717) is 11.6 Å². The van der Waals surface area contributed by atoms with Crippen molar-refractivity contribution in [3.05, 3.63) is 34.9 Å². The van der Waals surface area contributed by atoms with Gasteiger partial charge in [0.2, 0.25) is 5.91 Å². The van der Waals surface area contributed by atoms with Gasteiger partial charge >= 0.3 is 0 Å². The molecule has 2 fully saturated rings. The summed E-state index contributed by atoms with van der Waals surface area (Å²) in [6, 6.07) is 7.71. The molecule has 3 atom stereocenters. The van der Waals surface area contributed by atoms with Gasteiger partial charge in [0.15, 0.2) is 0 Å². The first-order chi connectivity index (χ1) is 9.57. The number of amides is 1. The predicted octanol–water partition coefficient (Wildman–Crippen LogP) is 2.43. The Morgan fingerprint density at radius 1 is 1.55 bits per heavy atom. The SMILES string of the molecule is O=C(NCC1(O)CCSC1)C1CC1c1cccc(Cl)c1. The Labute approximate surface area is 128 Å². The minimum absolute atomic E-state index is 0.0334. The van der Waals surface area contributed by atoms with Crippen molar-refractivity contribution in [2.45, 2.75) is 24.4 Å². The number of carbonyl (C=O) groups excluding carboxylic acids is 1. The van der Waals surface area contributed by atoms with E-state index in [9.17, 15) is 9.90 Å². The van der Waals surface area contributed by atoms with Crippen molar-refractivity contribution in [1.29, 1.82) is 0 Å². The molecule has 0 spiro atoms. The van der Waals surface area contributed by atoms with Crippen LogP contribution in [0.2, 0.25) is 5.02 Å². The summed E-state index contributed by atoms with van der Waals surface area (Å²) in [6.45, 7) is 0.373. The predicted molar refractivity (Wildman–Crippen MR) is 82.2 cm³/mol. The molecule has 108 valence electrons. The second-order valence-corrected chi connectivity index (χ2v) is 7.29. The standard InChI is InChI=1S/C15H18ClNO2S/c16-11-3-1-2-10(6-11)12-7-13(12)14(18)17-8-15(19)4-5-20-9-15/h1-3,6,12-13,19H,4-5,7-9H2,(H,17,18). The average Bonchev–Trinajstić information content (AvgIpc) is 3.12. The van der Waals surface area contributed by atoms with E-state index in [1.165, 1.54) is 0 Å². The van der Waals surface area contributed by atoms with Crippen LogP contribution in [-0.2, 0) is 4.79 Å². The van der Waals surface area contributed by atoms with E-state index in [1.54, 1.807) is 11.8 Å². The van der Waals surface area contributed by atoms with E-state index in [-0.39, 0.29) is 17.7 Å². The van der Waals surface area contributed by atoms with Crippen molar-refractivity contribution >= 4 is 29.3 Å². The van der Waals surface area contributed by atoms with Crippen LogP contribution in [0.5, 0.6) is 0 Å². The largest absolute Gasteiger partial charge is 0.387 e. The fourth-order valence-electron chi connectivity index (χ4n) is 2.71. The zero-order valence-corrected chi connectivity index (χ0v) is 12.7. The number of carbonyl (C=O) groups is 1. The van der Waals surface area contributed by atoms with Gasteiger partial charge in [-0.25, -0.2) is 0 Å². The first kappa shape index (κ1) is 14.2. The van der Waals surface area contributed by atoms with Crippen LogP contribution in [0.1, 0.15) is 24.3 Å². The van der Waals surface area contributed by atoms with Gasteiger partial charge in [-0.05, 0) is 42.2 Å². The van der Waals surface area contributed by atoms with Gasteiger partial charge in [-0.1, -0.05) is 23.7 Å². The Morgan fingerprint density at radius 2 is 2.40 bits per heavy atom. The molecule has 1 aliphatic carbocycles. The van der Waals surface area contributed by atoms with Gasteiger partial charge in [-0.15, -0.1) is 0 Å². The molecule has 1 heterocycles. The summed E-state index contributed by atoms with van der Waals surface area (Å²) < 4.78 is 0. The fraction of sp³-hybridized carbons (Fsp3) is 0.533. The lowest BCUT2D eigenvalue weighted by atomic mass is 10.0. The van der Waals surface area contributed by atoms with Crippen molar-refractivity contribution in [2.24, 2.45) is 5.92 Å². The lowest BCUT2D eigenvalue weighted by Crippen LogP contribution is -2.43. The summed E-state index contributed by atoms with van der Waals surface area (Å²) in [6.07, 6.45) is 1.64. The maximum atomic E-state index is 12.1. The van der Waals surface area contributed by atoms with Crippen molar-refractivity contribution in [3.63, 3.8) is 0 Å². The summed E-state index contributed by atoms with van der Waals surface area (Å²) in [5.41, 5.74) is 0.425. The Morgan fingerprint density at radius 3 is 3.10 bits per heavy atom. The molecule has 0 radical (unpaired) electrons. The monoisotopic (exact) mass is 311 g/mol. The van der Waals surface area contributed by atoms with Crippen LogP contribution in [0.15, 0.2) is 24.3 Å². The molecule has 1 saturated carbocycles. The fourth-order valence-corrected chi connectivity index (χ4v) is 4.20. The molecular weight excluding hydrogens is 294 g/mol. The summed E-state index contributed by atoms with van der Waals surface area (Å²) in [5.74, 6) is 2.06. The molecule has 1 aliphatic heterocycles. The van der Waals surface area contributed by atoms with Gasteiger partial charge in [0, 0.05) is 23.2 Å². The third-order valence-electron chi connectivity index (χ3n) is 4.08. The van der Waals surface area contributed by atoms with Crippen molar-refractivity contribution in [3.8, 4) is 0 Å². The maximum Gasteiger partial charge on any atom is 0.223 e. The topological polar surface area (TPSA) is 49.3 Å². The first-order valence-corrected chi connectivity index (χ1v) is 8.44. The lowest BCUT2D eigenvalue weighted by Gasteiger charge is -2.21. The Bertz CT molecular complexity index is 516. The summed E-state index contributed by atoms with van der Waals surface area (Å²) >= 11 is 7.71. The Balaban J connectivity index is 1.52. The number of halogens is 1. The van der Waals surface area contributed by atoms with E-state index in [0.717, 1.165) is 29.9 Å². The summed E-state index contributed by atoms with van der Waals surface area (Å²) in [5, 5.41) is 13.8.